The lowest BCUT2D eigenvalue weighted by atomic mass is 9.65. The smallest absolute Gasteiger partial charge is 0.0206 e. The summed E-state index contributed by atoms with van der Waals surface area (Å²) in [7, 11) is 0. The van der Waals surface area contributed by atoms with Gasteiger partial charge in [-0.3, -0.25) is 0 Å². The van der Waals surface area contributed by atoms with Crippen molar-refractivity contribution in [1.82, 2.24) is 0 Å². The Hall–Kier alpha value is -6.24. The standard InChI is InChI=1S/C64H56/c1-63(2,3)42-30-29-39-31-43(64(4,5)6)35-52(51(39)34-42)40-27-28-41-33-54-59-47(50(41)32-40)24-16-26-49(59)61-56(37-17-9-7-10-18-37)55-36-53-45-22-14-13-21-44(45)46-23-15-25-48(58(46)53)60(55)57(62(54)61)38-19-11-8-12-20-38/h7-13,15-21,23-26,29-36,39,47,51,59H,14,22,27-28H2,1-6H3. The van der Waals surface area contributed by atoms with Gasteiger partial charge in [0.15, 0.2) is 0 Å². The van der Waals surface area contributed by atoms with Crippen molar-refractivity contribution in [2.24, 2.45) is 34.5 Å². The van der Waals surface area contributed by atoms with Crippen LogP contribution in [0.3, 0.4) is 0 Å². The van der Waals surface area contributed by atoms with E-state index in [0.717, 1.165) is 25.7 Å². The van der Waals surface area contributed by atoms with Crippen molar-refractivity contribution in [3.63, 3.8) is 0 Å². The van der Waals surface area contributed by atoms with Gasteiger partial charge in [0.1, 0.15) is 0 Å². The van der Waals surface area contributed by atoms with Crippen LogP contribution in [0.25, 0.3) is 66.1 Å². The van der Waals surface area contributed by atoms with Crippen molar-refractivity contribution < 1.29 is 0 Å². The number of allylic oxidation sites excluding steroid dienone is 22. The molecular weight excluding hydrogens is 769 g/mol. The lowest BCUT2D eigenvalue weighted by Gasteiger charge is -2.39. The molecule has 0 N–H and O–H groups in total. The maximum Gasteiger partial charge on any atom is 0.0206 e. The van der Waals surface area contributed by atoms with Crippen molar-refractivity contribution in [2.75, 3.05) is 0 Å². The van der Waals surface area contributed by atoms with E-state index < -0.39 is 0 Å². The monoisotopic (exact) mass is 824 g/mol. The summed E-state index contributed by atoms with van der Waals surface area (Å²) in [5.74, 6) is 1.28. The molecule has 64 heavy (non-hydrogen) atoms. The second kappa shape index (κ2) is 13.6. The molecule has 0 aromatic heterocycles. The van der Waals surface area contributed by atoms with Gasteiger partial charge in [-0.25, -0.2) is 0 Å². The van der Waals surface area contributed by atoms with E-state index in [1.165, 1.54) is 122 Å². The molecule has 4 unspecified atom stereocenters. The molecule has 0 spiro atoms. The third-order valence-electron chi connectivity index (χ3n) is 16.0. The highest BCUT2D eigenvalue weighted by molar-refractivity contribution is 6.30. The zero-order chi connectivity index (χ0) is 43.2. The second-order valence-electron chi connectivity index (χ2n) is 21.7. The highest BCUT2D eigenvalue weighted by Crippen LogP contribution is 2.64. The van der Waals surface area contributed by atoms with Gasteiger partial charge in [-0.05, 0) is 164 Å². The number of benzene rings is 5. The van der Waals surface area contributed by atoms with Crippen LogP contribution in [-0.2, 0) is 0 Å². The van der Waals surface area contributed by atoms with E-state index in [-0.39, 0.29) is 22.7 Å². The molecule has 0 aliphatic heterocycles. The summed E-state index contributed by atoms with van der Waals surface area (Å²) in [4.78, 5) is 0. The fourth-order valence-electron chi connectivity index (χ4n) is 13.0. The molecule has 0 amide bonds. The van der Waals surface area contributed by atoms with Gasteiger partial charge in [0.05, 0.1) is 0 Å². The van der Waals surface area contributed by atoms with Gasteiger partial charge in [0, 0.05) is 23.7 Å². The molecule has 8 aliphatic carbocycles. The lowest BCUT2D eigenvalue weighted by Crippen LogP contribution is -2.26. The summed E-state index contributed by atoms with van der Waals surface area (Å²) in [6.45, 7) is 14.2. The minimum absolute atomic E-state index is 0.0804. The Kier molecular flexibility index (Phi) is 8.15. The topological polar surface area (TPSA) is 0 Å². The summed E-state index contributed by atoms with van der Waals surface area (Å²) in [6, 6.07) is 32.5. The van der Waals surface area contributed by atoms with E-state index in [1.54, 1.807) is 0 Å². The Morgan fingerprint density at radius 1 is 0.547 bits per heavy atom. The summed E-state index contributed by atoms with van der Waals surface area (Å²) in [5.41, 5.74) is 26.3. The SMILES string of the molecule is CC(C)(C)C1=CC2C=CC(C(C)(C)C)=CC2C(C2=CC3=C(C=C4c5c(c(-c6ccccc6)c6cc7c8c(cccc8c6c5-c5ccccc5)C5=C7CCC=C5)C5=CC=CC3C54)CC2)=C1. The third-order valence-corrected chi connectivity index (χ3v) is 16.0. The molecule has 4 atom stereocenters. The fourth-order valence-corrected chi connectivity index (χ4v) is 13.0. The highest BCUT2D eigenvalue weighted by atomic mass is 14.5. The Balaban J connectivity index is 1.08. The average Bonchev–Trinajstić information content (AvgIpc) is 3.81. The van der Waals surface area contributed by atoms with E-state index in [1.807, 2.05) is 0 Å². The molecule has 0 nitrogen and oxygen atoms in total. The van der Waals surface area contributed by atoms with Crippen LogP contribution in [0.2, 0.25) is 0 Å². The van der Waals surface area contributed by atoms with Crippen molar-refractivity contribution in [3.8, 4) is 22.3 Å². The molecule has 0 fully saturated rings. The first-order valence-corrected chi connectivity index (χ1v) is 24.0. The zero-order valence-corrected chi connectivity index (χ0v) is 38.1. The first-order chi connectivity index (χ1) is 31.0. The zero-order valence-electron chi connectivity index (χ0n) is 38.1. The number of hydrogen-bond acceptors (Lipinski definition) is 0. The summed E-state index contributed by atoms with van der Waals surface area (Å²) >= 11 is 0. The van der Waals surface area contributed by atoms with Crippen LogP contribution in [0.4, 0.5) is 0 Å². The van der Waals surface area contributed by atoms with Crippen molar-refractivity contribution in [2.45, 2.75) is 67.2 Å². The third kappa shape index (κ3) is 5.47. The second-order valence-corrected chi connectivity index (χ2v) is 21.7. The van der Waals surface area contributed by atoms with Gasteiger partial charge in [0.2, 0.25) is 0 Å². The van der Waals surface area contributed by atoms with Gasteiger partial charge in [0.25, 0.3) is 0 Å². The molecular formula is C64H56. The van der Waals surface area contributed by atoms with Crippen LogP contribution >= 0.6 is 0 Å². The van der Waals surface area contributed by atoms with Gasteiger partial charge < -0.3 is 0 Å². The summed E-state index contributed by atoms with van der Waals surface area (Å²) in [5, 5.41) is 5.60. The molecule has 5 aromatic carbocycles. The van der Waals surface area contributed by atoms with E-state index in [0.29, 0.717) is 11.8 Å². The van der Waals surface area contributed by atoms with E-state index in [2.05, 4.69) is 199 Å². The van der Waals surface area contributed by atoms with Crippen LogP contribution < -0.4 is 0 Å². The first kappa shape index (κ1) is 38.2. The molecule has 13 rings (SSSR count). The van der Waals surface area contributed by atoms with Crippen molar-refractivity contribution >= 4 is 43.8 Å². The summed E-state index contributed by atoms with van der Waals surface area (Å²) in [6.07, 6.45) is 34.6. The maximum absolute atomic E-state index is 2.68. The molecule has 0 bridgehead atoms. The quantitative estimate of drug-likeness (QED) is 0.159. The van der Waals surface area contributed by atoms with Crippen molar-refractivity contribution in [1.29, 1.82) is 0 Å². The van der Waals surface area contributed by atoms with Crippen LogP contribution in [-0.4, -0.2) is 0 Å². The Labute approximate surface area is 379 Å². The predicted octanol–water partition coefficient (Wildman–Crippen LogP) is 17.2. The van der Waals surface area contributed by atoms with Gasteiger partial charge in [-0.15, -0.1) is 0 Å². The van der Waals surface area contributed by atoms with Crippen LogP contribution in [0.5, 0.6) is 0 Å². The molecule has 8 aliphatic rings. The van der Waals surface area contributed by atoms with Crippen LogP contribution in [0.1, 0.15) is 89.5 Å². The van der Waals surface area contributed by atoms with E-state index >= 15 is 0 Å². The molecule has 0 heterocycles. The molecule has 0 heteroatoms. The first-order valence-electron chi connectivity index (χ1n) is 24.0. The van der Waals surface area contributed by atoms with E-state index in [9.17, 15) is 0 Å². The Morgan fingerprint density at radius 2 is 1.30 bits per heavy atom. The molecule has 0 saturated heterocycles. The van der Waals surface area contributed by atoms with Crippen LogP contribution in [0.15, 0.2) is 191 Å². The highest BCUT2D eigenvalue weighted by Gasteiger charge is 2.46. The Bertz CT molecular complexity index is 3300. The van der Waals surface area contributed by atoms with Gasteiger partial charge in [-0.1, -0.05) is 193 Å². The minimum Gasteiger partial charge on any atom is -0.0836 e. The predicted molar refractivity (Wildman–Crippen MR) is 273 cm³/mol. The number of fused-ring (bicyclic) bond motifs is 9. The average molecular weight is 825 g/mol. The summed E-state index contributed by atoms with van der Waals surface area (Å²) < 4.78 is 0. The normalized spacial score (nSPS) is 23.8. The maximum atomic E-state index is 2.68. The Morgan fingerprint density at radius 3 is 2.06 bits per heavy atom. The van der Waals surface area contributed by atoms with Crippen molar-refractivity contribution in [3.05, 3.63) is 214 Å². The number of hydrogen-bond donors (Lipinski definition) is 0. The minimum atomic E-state index is 0.0804. The van der Waals surface area contributed by atoms with Gasteiger partial charge in [-0.2, -0.15) is 0 Å². The fraction of sp³-hybridized carbons (Fsp3) is 0.250. The molecule has 312 valence electrons. The van der Waals surface area contributed by atoms with Gasteiger partial charge >= 0.3 is 0 Å². The lowest BCUT2D eigenvalue weighted by molar-refractivity contribution is 0.477. The molecule has 0 saturated carbocycles. The largest absolute Gasteiger partial charge is 0.0836 e. The molecule has 5 aromatic rings. The van der Waals surface area contributed by atoms with E-state index in [4.69, 9.17) is 0 Å². The number of rotatable bonds is 3. The molecule has 0 radical (unpaired) electrons. The van der Waals surface area contributed by atoms with Crippen LogP contribution in [0, 0.1) is 34.5 Å².